The summed E-state index contributed by atoms with van der Waals surface area (Å²) in [6.07, 6.45) is 0. The maximum atomic E-state index is 12.5. The van der Waals surface area contributed by atoms with Gasteiger partial charge in [0.05, 0.1) is 5.56 Å². The van der Waals surface area contributed by atoms with E-state index in [0.717, 1.165) is 11.6 Å². The molecule has 0 aliphatic rings. The molecule has 26 heavy (non-hydrogen) atoms. The topological polar surface area (TPSA) is 89.9 Å². The summed E-state index contributed by atoms with van der Waals surface area (Å²) in [4.78, 5) is 11.2. The summed E-state index contributed by atoms with van der Waals surface area (Å²) in [5, 5.41) is 9.09. The van der Waals surface area contributed by atoms with Crippen LogP contribution in [-0.2, 0) is 16.7 Å². The molecule has 1 N–H and O–H groups in total. The van der Waals surface area contributed by atoms with E-state index in [1.165, 1.54) is 6.92 Å². The van der Waals surface area contributed by atoms with Crippen LogP contribution in [0.4, 0.5) is 13.2 Å². The summed E-state index contributed by atoms with van der Waals surface area (Å²) >= 11 is 0. The molecule has 0 bridgehead atoms. The van der Waals surface area contributed by atoms with Crippen molar-refractivity contribution in [1.29, 1.82) is 0 Å². The van der Waals surface area contributed by atoms with Crippen LogP contribution in [0.5, 0.6) is 11.5 Å². The lowest BCUT2D eigenvalue weighted by molar-refractivity contribution is -0.0500. The third-order valence-electron chi connectivity index (χ3n) is 3.28. The van der Waals surface area contributed by atoms with E-state index in [-0.39, 0.29) is 17.9 Å². The largest absolute Gasteiger partial charge is 0.534 e. The maximum absolute atomic E-state index is 12.5. The molecular formula is C16H13F3O6S. The monoisotopic (exact) mass is 390 g/mol. The number of halogens is 3. The number of benzene rings is 2. The van der Waals surface area contributed by atoms with Crippen molar-refractivity contribution in [1.82, 2.24) is 0 Å². The average molecular weight is 390 g/mol. The number of carbonyl (C=O) groups is 1. The Balaban J connectivity index is 2.39. The van der Waals surface area contributed by atoms with Gasteiger partial charge in [-0.15, -0.1) is 0 Å². The minimum atomic E-state index is -5.95. The van der Waals surface area contributed by atoms with E-state index in [0.29, 0.717) is 6.07 Å². The molecule has 0 aliphatic heterocycles. The summed E-state index contributed by atoms with van der Waals surface area (Å²) in [7, 11) is -5.95. The molecule has 0 spiro atoms. The number of ether oxygens (including phenoxy) is 1. The van der Waals surface area contributed by atoms with Gasteiger partial charge in [0.15, 0.2) is 0 Å². The van der Waals surface area contributed by atoms with E-state index >= 15 is 0 Å². The minimum Gasteiger partial charge on any atom is -0.488 e. The molecular weight excluding hydrogens is 377 g/mol. The predicted octanol–water partition coefficient (Wildman–Crippen LogP) is 3.50. The molecule has 2 aromatic rings. The Labute approximate surface area is 146 Å². The van der Waals surface area contributed by atoms with Crippen LogP contribution in [0.3, 0.4) is 0 Å². The lowest BCUT2D eigenvalue weighted by Crippen LogP contribution is -2.28. The molecule has 0 saturated carbocycles. The zero-order valence-electron chi connectivity index (χ0n) is 13.3. The van der Waals surface area contributed by atoms with Crippen LogP contribution in [0.2, 0.25) is 0 Å². The molecule has 2 rings (SSSR count). The highest BCUT2D eigenvalue weighted by Gasteiger charge is 2.48. The van der Waals surface area contributed by atoms with Crippen molar-refractivity contribution in [3.8, 4) is 11.5 Å². The van der Waals surface area contributed by atoms with E-state index in [4.69, 9.17) is 9.84 Å². The van der Waals surface area contributed by atoms with Gasteiger partial charge in [-0.3, -0.25) is 0 Å². The first-order valence-electron chi connectivity index (χ1n) is 7.06. The Kier molecular flexibility index (Phi) is 5.45. The fourth-order valence-corrected chi connectivity index (χ4v) is 2.43. The summed E-state index contributed by atoms with van der Waals surface area (Å²) in [5.41, 5.74) is -5.49. The highest BCUT2D eigenvalue weighted by atomic mass is 32.2. The molecule has 0 aromatic heterocycles. The van der Waals surface area contributed by atoms with Gasteiger partial charge in [0.25, 0.3) is 0 Å². The van der Waals surface area contributed by atoms with Crippen molar-refractivity contribution in [2.45, 2.75) is 19.0 Å². The van der Waals surface area contributed by atoms with Gasteiger partial charge >= 0.3 is 21.6 Å². The van der Waals surface area contributed by atoms with E-state index in [1.807, 2.05) is 0 Å². The van der Waals surface area contributed by atoms with Crippen molar-refractivity contribution in [2.75, 3.05) is 0 Å². The lowest BCUT2D eigenvalue weighted by Gasteiger charge is -2.15. The summed E-state index contributed by atoms with van der Waals surface area (Å²) < 4.78 is 69.5. The van der Waals surface area contributed by atoms with Crippen molar-refractivity contribution in [3.63, 3.8) is 0 Å². The standard InChI is InChI=1S/C16H13F3O6S/c1-10-13(24-9-11-5-3-2-4-6-11)7-12(15(20)21)8-14(10)25-26(22,23)16(17,18)19/h2-8H,9H2,1H3,(H,20,21). The van der Waals surface area contributed by atoms with Crippen LogP contribution in [0, 0.1) is 6.92 Å². The van der Waals surface area contributed by atoms with Crippen molar-refractivity contribution < 1.29 is 40.4 Å². The number of carboxylic acids is 1. The molecule has 0 amide bonds. The number of carboxylic acid groups (broad SMARTS) is 1. The number of hydrogen-bond acceptors (Lipinski definition) is 5. The molecule has 0 saturated heterocycles. The van der Waals surface area contributed by atoms with E-state index in [9.17, 15) is 26.4 Å². The smallest absolute Gasteiger partial charge is 0.488 e. The second-order valence-electron chi connectivity index (χ2n) is 5.16. The van der Waals surface area contributed by atoms with Crippen LogP contribution < -0.4 is 8.92 Å². The fourth-order valence-electron chi connectivity index (χ4n) is 1.92. The maximum Gasteiger partial charge on any atom is 0.534 e. The quantitative estimate of drug-likeness (QED) is 0.600. The molecule has 0 aliphatic carbocycles. The van der Waals surface area contributed by atoms with Gasteiger partial charge in [-0.1, -0.05) is 30.3 Å². The van der Waals surface area contributed by atoms with Crippen LogP contribution in [0.1, 0.15) is 21.5 Å². The molecule has 2 aromatic carbocycles. The van der Waals surface area contributed by atoms with Crippen molar-refractivity contribution in [2.24, 2.45) is 0 Å². The molecule has 10 heteroatoms. The van der Waals surface area contributed by atoms with Crippen LogP contribution >= 0.6 is 0 Å². The second kappa shape index (κ2) is 7.24. The van der Waals surface area contributed by atoms with Gasteiger partial charge in [0.1, 0.15) is 18.1 Å². The van der Waals surface area contributed by atoms with Gasteiger partial charge in [0.2, 0.25) is 0 Å². The zero-order valence-corrected chi connectivity index (χ0v) is 14.1. The van der Waals surface area contributed by atoms with Crippen LogP contribution in [0.15, 0.2) is 42.5 Å². The molecule has 140 valence electrons. The number of hydrogen-bond donors (Lipinski definition) is 1. The van der Waals surface area contributed by atoms with Gasteiger partial charge in [0, 0.05) is 5.56 Å². The van der Waals surface area contributed by atoms with Crippen molar-refractivity contribution >= 4 is 16.1 Å². The molecule has 0 radical (unpaired) electrons. The Morgan fingerprint density at radius 2 is 1.69 bits per heavy atom. The molecule has 0 atom stereocenters. The first-order chi connectivity index (χ1) is 12.0. The Hall–Kier alpha value is -2.75. The third kappa shape index (κ3) is 4.45. The number of alkyl halides is 3. The van der Waals surface area contributed by atoms with Crippen molar-refractivity contribution in [3.05, 3.63) is 59.2 Å². The molecule has 0 unspecified atom stereocenters. The van der Waals surface area contributed by atoms with E-state index in [2.05, 4.69) is 4.18 Å². The van der Waals surface area contributed by atoms with E-state index in [1.54, 1.807) is 30.3 Å². The first-order valence-corrected chi connectivity index (χ1v) is 8.47. The normalized spacial score (nSPS) is 11.8. The molecule has 6 nitrogen and oxygen atoms in total. The Morgan fingerprint density at radius 3 is 2.23 bits per heavy atom. The third-order valence-corrected chi connectivity index (χ3v) is 4.25. The number of aromatic carboxylic acids is 1. The van der Waals surface area contributed by atoms with Gasteiger partial charge in [-0.05, 0) is 24.6 Å². The zero-order chi connectivity index (χ0) is 19.5. The average Bonchev–Trinajstić information content (AvgIpc) is 2.55. The SMILES string of the molecule is Cc1c(OCc2ccccc2)cc(C(=O)O)cc1OS(=O)(=O)C(F)(F)F. The van der Waals surface area contributed by atoms with E-state index < -0.39 is 32.9 Å². The predicted molar refractivity (Wildman–Crippen MR) is 84.5 cm³/mol. The fraction of sp³-hybridized carbons (Fsp3) is 0.188. The lowest BCUT2D eigenvalue weighted by atomic mass is 10.1. The summed E-state index contributed by atoms with van der Waals surface area (Å²) in [6.45, 7) is 1.25. The molecule has 0 fully saturated rings. The molecule has 0 heterocycles. The highest BCUT2D eigenvalue weighted by molar-refractivity contribution is 7.88. The second-order valence-corrected chi connectivity index (χ2v) is 6.70. The Morgan fingerprint density at radius 1 is 1.12 bits per heavy atom. The van der Waals surface area contributed by atoms with Gasteiger partial charge in [-0.25, -0.2) is 4.79 Å². The minimum absolute atomic E-state index is 0.00376. The summed E-state index contributed by atoms with van der Waals surface area (Å²) in [5.74, 6) is -2.37. The van der Waals surface area contributed by atoms with Crippen LogP contribution in [0.25, 0.3) is 0 Å². The Bertz CT molecular complexity index is 908. The number of rotatable bonds is 6. The van der Waals surface area contributed by atoms with Gasteiger partial charge in [-0.2, -0.15) is 21.6 Å². The summed E-state index contributed by atoms with van der Waals surface area (Å²) in [6, 6.07) is 10.5. The van der Waals surface area contributed by atoms with Crippen LogP contribution in [-0.4, -0.2) is 25.0 Å². The van der Waals surface area contributed by atoms with Gasteiger partial charge < -0.3 is 14.0 Å². The first kappa shape index (κ1) is 19.6. The highest BCUT2D eigenvalue weighted by Crippen LogP contribution is 2.34.